The number of hydrogen-bond donors (Lipinski definition) is 2. The summed E-state index contributed by atoms with van der Waals surface area (Å²) in [6.07, 6.45) is 8.29. The van der Waals surface area contributed by atoms with Crippen LogP contribution in [0.2, 0.25) is 0 Å². The Kier molecular flexibility index (Phi) is 4.92. The third kappa shape index (κ3) is 3.42. The number of amides is 1. The Bertz CT molecular complexity index is 1020. The quantitative estimate of drug-likeness (QED) is 0.759. The fourth-order valence-corrected chi connectivity index (χ4v) is 4.00. The summed E-state index contributed by atoms with van der Waals surface area (Å²) >= 11 is 0. The molecule has 3 heterocycles. The summed E-state index contributed by atoms with van der Waals surface area (Å²) in [7, 11) is 1.89. The maximum atomic E-state index is 13.0. The van der Waals surface area contributed by atoms with Gasteiger partial charge in [-0.15, -0.1) is 0 Å². The first-order valence-electron chi connectivity index (χ1n) is 9.75. The number of ether oxygens (including phenoxy) is 1. The Hall–Kier alpha value is -3.06. The predicted molar refractivity (Wildman–Crippen MR) is 110 cm³/mol. The van der Waals surface area contributed by atoms with Crippen molar-refractivity contribution in [3.05, 3.63) is 58.6 Å². The van der Waals surface area contributed by atoms with Crippen LogP contribution in [0.1, 0.15) is 46.6 Å². The number of fused-ring (bicyclic) bond motifs is 3. The van der Waals surface area contributed by atoms with Crippen molar-refractivity contribution in [2.75, 3.05) is 18.9 Å². The van der Waals surface area contributed by atoms with Gasteiger partial charge in [0.15, 0.2) is 0 Å². The van der Waals surface area contributed by atoms with Gasteiger partial charge in [0.1, 0.15) is 11.5 Å². The van der Waals surface area contributed by atoms with E-state index in [0.29, 0.717) is 18.7 Å². The van der Waals surface area contributed by atoms with Gasteiger partial charge in [-0.05, 0) is 62.6 Å². The van der Waals surface area contributed by atoms with Crippen LogP contribution < -0.4 is 10.6 Å². The molecule has 29 heavy (non-hydrogen) atoms. The van der Waals surface area contributed by atoms with E-state index in [1.807, 2.05) is 25.3 Å². The van der Waals surface area contributed by atoms with Crippen LogP contribution in [0.4, 0.5) is 5.82 Å². The lowest BCUT2D eigenvalue weighted by Gasteiger charge is -2.20. The van der Waals surface area contributed by atoms with Gasteiger partial charge in [-0.1, -0.05) is 12.2 Å². The van der Waals surface area contributed by atoms with Gasteiger partial charge in [0.25, 0.3) is 0 Å². The van der Waals surface area contributed by atoms with Gasteiger partial charge in [0.2, 0.25) is 5.91 Å². The third-order valence-electron chi connectivity index (χ3n) is 5.34. The van der Waals surface area contributed by atoms with Crippen molar-refractivity contribution in [1.29, 1.82) is 0 Å². The summed E-state index contributed by atoms with van der Waals surface area (Å²) in [5.74, 6) is 0.110. The fourth-order valence-electron chi connectivity index (χ4n) is 4.00. The minimum absolute atomic E-state index is 0.0566. The first-order chi connectivity index (χ1) is 13.9. The van der Waals surface area contributed by atoms with Crippen molar-refractivity contribution in [2.45, 2.75) is 38.2 Å². The molecule has 1 aliphatic carbocycles. The molecule has 2 aliphatic rings. The van der Waals surface area contributed by atoms with Crippen LogP contribution in [0.15, 0.2) is 30.6 Å². The molecule has 2 N–H and O–H groups in total. The molecule has 0 aromatic carbocycles. The van der Waals surface area contributed by atoms with E-state index in [2.05, 4.69) is 20.6 Å². The second-order valence-corrected chi connectivity index (χ2v) is 7.81. The molecule has 1 spiro atoms. The standard InChI is InChI=1S/C22H24N4O3/c1-13(2)29-20(27)18-8-15-9-22(10-16(15)12-24-18)17-7-14(5-4-6-23-3)11-25-19(17)26-21(22)28/h4-5,7-8,11-13,23H,6,9-10H2,1-3H3,(H,25,26,28)/b5-4+/t22-/m1/s1. The summed E-state index contributed by atoms with van der Waals surface area (Å²) in [4.78, 5) is 33.9. The zero-order valence-corrected chi connectivity index (χ0v) is 16.8. The fraction of sp³-hybridized carbons (Fsp3) is 0.364. The molecule has 0 saturated carbocycles. The Morgan fingerprint density at radius 1 is 1.28 bits per heavy atom. The number of pyridine rings is 2. The van der Waals surface area contributed by atoms with E-state index < -0.39 is 11.4 Å². The number of rotatable bonds is 5. The highest BCUT2D eigenvalue weighted by atomic mass is 16.5. The number of carbonyl (C=O) groups is 2. The lowest BCUT2D eigenvalue weighted by molar-refractivity contribution is -0.120. The van der Waals surface area contributed by atoms with Gasteiger partial charge < -0.3 is 15.4 Å². The van der Waals surface area contributed by atoms with Crippen LogP contribution in [-0.2, 0) is 27.8 Å². The molecule has 7 nitrogen and oxygen atoms in total. The van der Waals surface area contributed by atoms with Crippen molar-refractivity contribution in [2.24, 2.45) is 0 Å². The van der Waals surface area contributed by atoms with Crippen molar-refractivity contribution >= 4 is 23.8 Å². The van der Waals surface area contributed by atoms with Crippen LogP contribution in [0.25, 0.3) is 6.08 Å². The normalized spacial score (nSPS) is 19.7. The largest absolute Gasteiger partial charge is 0.458 e. The van der Waals surface area contributed by atoms with Crippen molar-refractivity contribution in [1.82, 2.24) is 15.3 Å². The number of nitrogens with one attached hydrogen (secondary N) is 2. The van der Waals surface area contributed by atoms with Crippen molar-refractivity contribution < 1.29 is 14.3 Å². The van der Waals surface area contributed by atoms with E-state index >= 15 is 0 Å². The van der Waals surface area contributed by atoms with Gasteiger partial charge >= 0.3 is 5.97 Å². The first-order valence-corrected chi connectivity index (χ1v) is 9.75. The minimum atomic E-state index is -0.709. The van der Waals surface area contributed by atoms with E-state index in [-0.39, 0.29) is 17.7 Å². The highest BCUT2D eigenvalue weighted by Gasteiger charge is 2.51. The molecule has 0 fully saturated rings. The van der Waals surface area contributed by atoms with Gasteiger partial charge in [0, 0.05) is 24.5 Å². The minimum Gasteiger partial charge on any atom is -0.458 e. The number of nitrogens with zero attached hydrogens (tertiary/aromatic N) is 2. The van der Waals surface area contributed by atoms with Crippen LogP contribution in [0.3, 0.4) is 0 Å². The van der Waals surface area contributed by atoms with Gasteiger partial charge in [-0.3, -0.25) is 4.79 Å². The molecular weight excluding hydrogens is 368 g/mol. The Balaban J connectivity index is 1.66. The van der Waals surface area contributed by atoms with Crippen molar-refractivity contribution in [3.63, 3.8) is 0 Å². The Morgan fingerprint density at radius 3 is 2.83 bits per heavy atom. The maximum Gasteiger partial charge on any atom is 0.357 e. The molecule has 1 amide bonds. The molecular formula is C22H24N4O3. The van der Waals surface area contributed by atoms with Crippen LogP contribution in [0.5, 0.6) is 0 Å². The van der Waals surface area contributed by atoms with Crippen LogP contribution in [-0.4, -0.2) is 41.5 Å². The zero-order valence-electron chi connectivity index (χ0n) is 16.8. The monoisotopic (exact) mass is 392 g/mol. The molecule has 4 rings (SSSR count). The molecule has 0 radical (unpaired) electrons. The smallest absolute Gasteiger partial charge is 0.357 e. The zero-order chi connectivity index (χ0) is 20.6. The van der Waals surface area contributed by atoms with Crippen LogP contribution in [0, 0.1) is 0 Å². The van der Waals surface area contributed by atoms with Gasteiger partial charge in [-0.25, -0.2) is 14.8 Å². The van der Waals surface area contributed by atoms with Crippen LogP contribution >= 0.6 is 0 Å². The topological polar surface area (TPSA) is 93.2 Å². The number of anilines is 1. The third-order valence-corrected chi connectivity index (χ3v) is 5.34. The number of carbonyl (C=O) groups excluding carboxylic acids is 2. The van der Waals surface area contributed by atoms with E-state index in [1.165, 1.54) is 0 Å². The SMILES string of the molecule is CNC/C=C/c1cnc2c(c1)[C@@]1(Cc3cnc(C(=O)OC(C)C)cc3C1)C(=O)N2. The average Bonchev–Trinajstić information content (AvgIpc) is 3.19. The van der Waals surface area contributed by atoms with E-state index in [9.17, 15) is 9.59 Å². The van der Waals surface area contributed by atoms with Gasteiger partial charge in [0.05, 0.1) is 11.5 Å². The van der Waals surface area contributed by atoms with Gasteiger partial charge in [-0.2, -0.15) is 0 Å². The highest BCUT2D eigenvalue weighted by Crippen LogP contribution is 2.46. The second-order valence-electron chi connectivity index (χ2n) is 7.81. The first kappa shape index (κ1) is 19.3. The maximum absolute atomic E-state index is 13.0. The molecule has 2 aromatic heterocycles. The highest BCUT2D eigenvalue weighted by molar-refractivity contribution is 6.06. The predicted octanol–water partition coefficient (Wildman–Crippen LogP) is 2.26. The molecule has 0 bridgehead atoms. The summed E-state index contributed by atoms with van der Waals surface area (Å²) in [6.45, 7) is 4.36. The Morgan fingerprint density at radius 2 is 2.07 bits per heavy atom. The summed E-state index contributed by atoms with van der Waals surface area (Å²) in [6, 6.07) is 3.78. The lowest BCUT2D eigenvalue weighted by atomic mass is 9.79. The average molecular weight is 392 g/mol. The molecule has 7 heteroatoms. The summed E-state index contributed by atoms with van der Waals surface area (Å²) in [5.41, 5.74) is 3.34. The summed E-state index contributed by atoms with van der Waals surface area (Å²) < 4.78 is 5.25. The van der Waals surface area contributed by atoms with E-state index in [1.54, 1.807) is 32.3 Å². The molecule has 2 aromatic rings. The number of likely N-dealkylation sites (N-methyl/N-ethyl adjacent to an activating group) is 1. The molecule has 0 saturated heterocycles. The number of esters is 1. The summed E-state index contributed by atoms with van der Waals surface area (Å²) in [5, 5.41) is 5.99. The number of hydrogen-bond acceptors (Lipinski definition) is 6. The van der Waals surface area contributed by atoms with Crippen molar-refractivity contribution in [3.8, 4) is 0 Å². The van der Waals surface area contributed by atoms with E-state index in [0.717, 1.165) is 28.8 Å². The molecule has 150 valence electrons. The number of aromatic nitrogens is 2. The lowest BCUT2D eigenvalue weighted by Crippen LogP contribution is -2.35. The molecule has 0 unspecified atom stereocenters. The molecule has 1 aliphatic heterocycles. The molecule has 1 atom stereocenters. The Labute approximate surface area is 169 Å². The van der Waals surface area contributed by atoms with E-state index in [4.69, 9.17) is 4.74 Å². The second kappa shape index (κ2) is 7.40.